The molecule has 0 radical (unpaired) electrons. The highest BCUT2D eigenvalue weighted by molar-refractivity contribution is 6.32. The summed E-state index contributed by atoms with van der Waals surface area (Å²) in [5.41, 5.74) is 9.38. The number of aryl methyl sites for hydroxylation is 5. The summed E-state index contributed by atoms with van der Waals surface area (Å²) < 4.78 is 1.74. The minimum absolute atomic E-state index is 0.453. The Morgan fingerprint density at radius 1 is 1.04 bits per heavy atom. The summed E-state index contributed by atoms with van der Waals surface area (Å²) in [5, 5.41) is 9.31. The second kappa shape index (κ2) is 7.25. The van der Waals surface area contributed by atoms with Gasteiger partial charge in [0.15, 0.2) is 0 Å². The predicted octanol–water partition coefficient (Wildman–Crippen LogP) is 4.30. The van der Waals surface area contributed by atoms with Crippen molar-refractivity contribution in [2.45, 2.75) is 34.6 Å². The van der Waals surface area contributed by atoms with E-state index in [1.165, 1.54) is 0 Å². The standard InChI is InChI=1S/C19H21ClN6/c1-11-6-7-12(2)17(8-11)26-18(20)16(15(5)25-26)10-21-24-19-22-13(3)9-14(4)23-19/h6-10H,1-5H3,(H,22,23,24)/b21-10-. The third kappa shape index (κ3) is 3.75. The Hall–Kier alpha value is -2.73. The summed E-state index contributed by atoms with van der Waals surface area (Å²) in [5.74, 6) is 0.453. The molecule has 7 heteroatoms. The van der Waals surface area contributed by atoms with E-state index < -0.39 is 0 Å². The average molecular weight is 369 g/mol. The first-order valence-electron chi connectivity index (χ1n) is 8.29. The lowest BCUT2D eigenvalue weighted by Gasteiger charge is -2.08. The molecule has 0 aliphatic heterocycles. The number of nitrogens with one attached hydrogen (secondary N) is 1. The molecule has 0 atom stereocenters. The molecule has 0 fully saturated rings. The van der Waals surface area contributed by atoms with Crippen LogP contribution in [0.15, 0.2) is 29.4 Å². The number of halogens is 1. The molecule has 0 saturated heterocycles. The van der Waals surface area contributed by atoms with E-state index >= 15 is 0 Å². The van der Waals surface area contributed by atoms with Crippen LogP contribution in [0.1, 0.15) is 33.8 Å². The number of aromatic nitrogens is 4. The second-order valence-electron chi connectivity index (χ2n) is 6.34. The molecule has 0 bridgehead atoms. The molecular formula is C19H21ClN6. The monoisotopic (exact) mass is 368 g/mol. The van der Waals surface area contributed by atoms with Crippen LogP contribution in [0.4, 0.5) is 5.95 Å². The fraction of sp³-hybridized carbons (Fsp3) is 0.263. The van der Waals surface area contributed by atoms with Crippen LogP contribution in [0.5, 0.6) is 0 Å². The highest BCUT2D eigenvalue weighted by atomic mass is 35.5. The zero-order valence-corrected chi connectivity index (χ0v) is 16.3. The maximum Gasteiger partial charge on any atom is 0.243 e. The van der Waals surface area contributed by atoms with Gasteiger partial charge in [0.25, 0.3) is 0 Å². The van der Waals surface area contributed by atoms with Gasteiger partial charge in [0.1, 0.15) is 5.15 Å². The molecule has 1 N–H and O–H groups in total. The van der Waals surface area contributed by atoms with Gasteiger partial charge in [-0.2, -0.15) is 10.2 Å². The average Bonchev–Trinajstić information content (AvgIpc) is 2.84. The number of hydrogen-bond acceptors (Lipinski definition) is 5. The van der Waals surface area contributed by atoms with Crippen LogP contribution in [0.2, 0.25) is 5.15 Å². The van der Waals surface area contributed by atoms with Crippen LogP contribution in [0, 0.1) is 34.6 Å². The van der Waals surface area contributed by atoms with Crippen molar-refractivity contribution in [3.8, 4) is 5.69 Å². The number of benzene rings is 1. The van der Waals surface area contributed by atoms with Crippen molar-refractivity contribution < 1.29 is 0 Å². The molecular weight excluding hydrogens is 348 g/mol. The lowest BCUT2D eigenvalue weighted by molar-refractivity contribution is 0.855. The lowest BCUT2D eigenvalue weighted by atomic mass is 10.1. The minimum Gasteiger partial charge on any atom is -0.245 e. The topological polar surface area (TPSA) is 68.0 Å². The van der Waals surface area contributed by atoms with E-state index in [9.17, 15) is 0 Å². The smallest absolute Gasteiger partial charge is 0.243 e. The second-order valence-corrected chi connectivity index (χ2v) is 6.69. The van der Waals surface area contributed by atoms with Crippen molar-refractivity contribution in [1.82, 2.24) is 19.7 Å². The van der Waals surface area contributed by atoms with Crippen molar-refractivity contribution in [2.75, 3.05) is 5.43 Å². The van der Waals surface area contributed by atoms with E-state index in [2.05, 4.69) is 43.8 Å². The molecule has 26 heavy (non-hydrogen) atoms. The molecule has 6 nitrogen and oxygen atoms in total. The van der Waals surface area contributed by atoms with E-state index in [0.717, 1.165) is 39.5 Å². The number of rotatable bonds is 4. The Kier molecular flexibility index (Phi) is 5.04. The summed E-state index contributed by atoms with van der Waals surface area (Å²) in [6, 6.07) is 8.10. The van der Waals surface area contributed by atoms with E-state index in [-0.39, 0.29) is 0 Å². The van der Waals surface area contributed by atoms with Gasteiger partial charge in [-0.15, -0.1) is 0 Å². The molecule has 0 aliphatic carbocycles. The van der Waals surface area contributed by atoms with E-state index in [1.807, 2.05) is 40.7 Å². The largest absolute Gasteiger partial charge is 0.245 e. The van der Waals surface area contributed by atoms with E-state index in [4.69, 9.17) is 11.6 Å². The maximum absolute atomic E-state index is 6.57. The Morgan fingerprint density at radius 2 is 1.73 bits per heavy atom. The SMILES string of the molecule is Cc1ccc(C)c(-n2nc(C)c(/C=N\Nc3nc(C)cc(C)n3)c2Cl)c1. The molecule has 0 aliphatic rings. The normalized spacial score (nSPS) is 11.3. The first-order valence-corrected chi connectivity index (χ1v) is 8.67. The van der Waals surface area contributed by atoms with E-state index in [0.29, 0.717) is 11.1 Å². The Morgan fingerprint density at radius 3 is 2.42 bits per heavy atom. The molecule has 134 valence electrons. The minimum atomic E-state index is 0.453. The summed E-state index contributed by atoms with van der Waals surface area (Å²) in [6.07, 6.45) is 1.65. The third-order valence-electron chi connectivity index (χ3n) is 3.98. The zero-order chi connectivity index (χ0) is 18.8. The van der Waals surface area contributed by atoms with Crippen molar-refractivity contribution in [3.05, 3.63) is 63.2 Å². The first-order chi connectivity index (χ1) is 12.3. The molecule has 0 saturated carbocycles. The molecule has 3 rings (SSSR count). The van der Waals surface area contributed by atoms with Gasteiger partial charge < -0.3 is 0 Å². The van der Waals surface area contributed by atoms with Gasteiger partial charge in [0.2, 0.25) is 5.95 Å². The van der Waals surface area contributed by atoms with Crippen LogP contribution < -0.4 is 5.43 Å². The molecule has 0 amide bonds. The highest BCUT2D eigenvalue weighted by Gasteiger charge is 2.14. The number of nitrogens with zero attached hydrogens (tertiary/aromatic N) is 5. The number of hydrogen-bond donors (Lipinski definition) is 1. The maximum atomic E-state index is 6.57. The van der Waals surface area contributed by atoms with Gasteiger partial charge in [0, 0.05) is 11.4 Å². The van der Waals surface area contributed by atoms with Crippen molar-refractivity contribution in [2.24, 2.45) is 5.10 Å². The highest BCUT2D eigenvalue weighted by Crippen LogP contribution is 2.24. The molecule has 2 heterocycles. The third-order valence-corrected chi connectivity index (χ3v) is 4.35. The number of anilines is 1. The Balaban J connectivity index is 1.89. The van der Waals surface area contributed by atoms with Crippen LogP contribution in [0.25, 0.3) is 5.69 Å². The molecule has 2 aromatic heterocycles. The fourth-order valence-corrected chi connectivity index (χ4v) is 3.01. The summed E-state index contributed by atoms with van der Waals surface area (Å²) in [4.78, 5) is 8.59. The van der Waals surface area contributed by atoms with Crippen LogP contribution >= 0.6 is 11.6 Å². The summed E-state index contributed by atoms with van der Waals surface area (Å²) in [7, 11) is 0. The summed E-state index contributed by atoms with van der Waals surface area (Å²) >= 11 is 6.57. The summed E-state index contributed by atoms with van der Waals surface area (Å²) in [6.45, 7) is 9.82. The fourth-order valence-electron chi connectivity index (χ4n) is 2.70. The van der Waals surface area contributed by atoms with Gasteiger partial charge >= 0.3 is 0 Å². The van der Waals surface area contributed by atoms with Crippen molar-refractivity contribution in [1.29, 1.82) is 0 Å². The van der Waals surface area contributed by atoms with Gasteiger partial charge in [-0.3, -0.25) is 0 Å². The van der Waals surface area contributed by atoms with Crippen molar-refractivity contribution >= 4 is 23.8 Å². The van der Waals surface area contributed by atoms with Crippen LogP contribution in [0.3, 0.4) is 0 Å². The van der Waals surface area contributed by atoms with Crippen molar-refractivity contribution in [3.63, 3.8) is 0 Å². The predicted molar refractivity (Wildman–Crippen MR) is 106 cm³/mol. The molecule has 3 aromatic rings. The lowest BCUT2D eigenvalue weighted by Crippen LogP contribution is -2.01. The van der Waals surface area contributed by atoms with Gasteiger partial charge in [0.05, 0.1) is 23.2 Å². The molecule has 0 unspecified atom stereocenters. The Labute approximate surface area is 158 Å². The van der Waals surface area contributed by atoms with E-state index in [1.54, 1.807) is 10.9 Å². The van der Waals surface area contributed by atoms with Gasteiger partial charge in [-0.1, -0.05) is 23.7 Å². The molecule has 1 aromatic carbocycles. The molecule has 0 spiro atoms. The first kappa shape index (κ1) is 18.1. The quantitative estimate of drug-likeness (QED) is 0.550. The number of hydrazone groups is 1. The van der Waals surface area contributed by atoms with Crippen LogP contribution in [-0.4, -0.2) is 26.0 Å². The van der Waals surface area contributed by atoms with Gasteiger partial charge in [-0.25, -0.2) is 20.1 Å². The zero-order valence-electron chi connectivity index (χ0n) is 15.5. The Bertz CT molecular complexity index is 970. The van der Waals surface area contributed by atoms with Gasteiger partial charge in [-0.05, 0) is 57.9 Å². The van der Waals surface area contributed by atoms with Crippen LogP contribution in [-0.2, 0) is 0 Å².